The third-order valence-corrected chi connectivity index (χ3v) is 7.68. The number of aromatic nitrogens is 6. The summed E-state index contributed by atoms with van der Waals surface area (Å²) in [4.78, 5) is 30.0. The van der Waals surface area contributed by atoms with E-state index >= 15 is 4.39 Å². The minimum absolute atomic E-state index is 0.0108. The first-order valence-corrected chi connectivity index (χ1v) is 13.1. The number of imidazole rings is 1. The molecule has 1 atom stereocenters. The maximum atomic E-state index is 16.0. The SMILES string of the molecule is CC(=O)c1ccc(-c2cccc3[nH]c(-c4n[nH]c5cnc(-c6cncc(NC(O)C(C)C)c6)c(F)c45)nc23)s1. The Kier molecular flexibility index (Phi) is 6.16. The van der Waals surface area contributed by atoms with Crippen molar-refractivity contribution >= 4 is 44.7 Å². The van der Waals surface area contributed by atoms with Crippen molar-refractivity contribution in [1.82, 2.24) is 30.1 Å². The number of hydrogen-bond donors (Lipinski definition) is 4. The fraction of sp³-hybridized carbons (Fsp3) is 0.179. The highest BCUT2D eigenvalue weighted by molar-refractivity contribution is 7.17. The molecule has 0 aliphatic rings. The van der Waals surface area contributed by atoms with E-state index in [2.05, 4.69) is 30.5 Å². The van der Waals surface area contributed by atoms with Crippen LogP contribution in [0.25, 0.3) is 55.2 Å². The Labute approximate surface area is 226 Å². The van der Waals surface area contributed by atoms with Gasteiger partial charge in [-0.3, -0.25) is 19.9 Å². The van der Waals surface area contributed by atoms with Gasteiger partial charge in [0.05, 0.1) is 44.9 Å². The van der Waals surface area contributed by atoms with Crippen molar-refractivity contribution < 1.29 is 14.3 Å². The van der Waals surface area contributed by atoms with Crippen LogP contribution in [-0.4, -0.2) is 47.3 Å². The number of fused-ring (bicyclic) bond motifs is 2. The zero-order chi connectivity index (χ0) is 27.3. The standard InChI is InChI=1S/C28H24FN7O2S/c1-13(2)28(38)32-16-9-15(10-30-11-16)24-23(29)22-19(12-31-24)35-36-26(22)27-33-18-6-4-5-17(25(18)34-27)21-8-7-20(39-21)14(3)37/h4-13,28,32,38H,1-3H3,(H,33,34)(H,35,36). The summed E-state index contributed by atoms with van der Waals surface area (Å²) in [7, 11) is 0. The number of rotatable bonds is 7. The number of benzene rings is 1. The van der Waals surface area contributed by atoms with Gasteiger partial charge in [-0.05, 0) is 37.1 Å². The van der Waals surface area contributed by atoms with E-state index in [1.165, 1.54) is 23.7 Å². The molecule has 0 fully saturated rings. The number of carbonyl (C=O) groups is 1. The fourth-order valence-electron chi connectivity index (χ4n) is 4.35. The van der Waals surface area contributed by atoms with Crippen LogP contribution in [0.5, 0.6) is 0 Å². The molecule has 5 heterocycles. The number of anilines is 1. The maximum Gasteiger partial charge on any atom is 0.169 e. The van der Waals surface area contributed by atoms with Crippen molar-refractivity contribution in [2.45, 2.75) is 27.0 Å². The van der Waals surface area contributed by atoms with Gasteiger partial charge < -0.3 is 15.4 Å². The number of nitrogens with one attached hydrogen (secondary N) is 3. The van der Waals surface area contributed by atoms with Gasteiger partial charge in [0.2, 0.25) is 0 Å². The zero-order valence-corrected chi connectivity index (χ0v) is 22.1. The van der Waals surface area contributed by atoms with Gasteiger partial charge in [0.25, 0.3) is 0 Å². The molecule has 4 N–H and O–H groups in total. The quantitative estimate of drug-likeness (QED) is 0.143. The van der Waals surface area contributed by atoms with Crippen molar-refractivity contribution in [2.24, 2.45) is 5.92 Å². The topological polar surface area (TPSA) is 132 Å². The second-order valence-electron chi connectivity index (χ2n) is 9.58. The zero-order valence-electron chi connectivity index (χ0n) is 21.3. The van der Waals surface area contributed by atoms with Crippen molar-refractivity contribution in [2.75, 3.05) is 5.32 Å². The summed E-state index contributed by atoms with van der Waals surface area (Å²) in [5.41, 5.74) is 4.18. The summed E-state index contributed by atoms with van der Waals surface area (Å²) < 4.78 is 16.0. The summed E-state index contributed by atoms with van der Waals surface area (Å²) >= 11 is 1.41. The van der Waals surface area contributed by atoms with Gasteiger partial charge in [0.1, 0.15) is 17.6 Å². The van der Waals surface area contributed by atoms with E-state index < -0.39 is 12.0 Å². The number of thiophene rings is 1. The lowest BCUT2D eigenvalue weighted by molar-refractivity contribution is 0.102. The molecule has 0 spiro atoms. The minimum Gasteiger partial charge on any atom is -0.374 e. The number of aromatic amines is 2. The average Bonchev–Trinajstić information content (AvgIpc) is 3.66. The van der Waals surface area contributed by atoms with Crippen molar-refractivity contribution in [1.29, 1.82) is 0 Å². The van der Waals surface area contributed by atoms with Crippen LogP contribution in [-0.2, 0) is 0 Å². The first-order valence-electron chi connectivity index (χ1n) is 12.3. The summed E-state index contributed by atoms with van der Waals surface area (Å²) in [5.74, 6) is -0.174. The van der Waals surface area contributed by atoms with Crippen molar-refractivity contribution in [3.63, 3.8) is 0 Å². The number of pyridine rings is 2. The van der Waals surface area contributed by atoms with Crippen LogP contribution in [0.4, 0.5) is 10.1 Å². The van der Waals surface area contributed by atoms with Gasteiger partial charge in [-0.25, -0.2) is 9.37 Å². The lowest BCUT2D eigenvalue weighted by atomic mass is 10.1. The molecular weight excluding hydrogens is 517 g/mol. The number of carbonyl (C=O) groups excluding carboxylic acids is 1. The monoisotopic (exact) mass is 541 g/mol. The Bertz CT molecular complexity index is 1860. The Morgan fingerprint density at radius 3 is 2.72 bits per heavy atom. The van der Waals surface area contributed by atoms with E-state index in [0.29, 0.717) is 38.7 Å². The molecule has 0 saturated carbocycles. The van der Waals surface area contributed by atoms with E-state index in [1.807, 2.05) is 44.2 Å². The number of aliphatic hydroxyl groups excluding tert-OH is 1. The first kappa shape index (κ1) is 24.8. The van der Waals surface area contributed by atoms with Crippen LogP contribution < -0.4 is 5.32 Å². The summed E-state index contributed by atoms with van der Waals surface area (Å²) in [5, 5.41) is 20.6. The predicted octanol–water partition coefficient (Wildman–Crippen LogP) is 6.02. The number of nitrogens with zero attached hydrogens (tertiary/aromatic N) is 4. The van der Waals surface area contributed by atoms with Crippen molar-refractivity contribution in [3.8, 4) is 33.2 Å². The normalized spacial score (nSPS) is 12.5. The molecule has 6 aromatic rings. The van der Waals surface area contributed by atoms with Gasteiger partial charge in [0, 0.05) is 22.2 Å². The van der Waals surface area contributed by atoms with E-state index in [9.17, 15) is 9.90 Å². The number of halogens is 1. The molecule has 0 amide bonds. The Morgan fingerprint density at radius 1 is 1.10 bits per heavy atom. The number of ketones is 1. The van der Waals surface area contributed by atoms with Crippen LogP contribution in [0, 0.1) is 11.7 Å². The van der Waals surface area contributed by atoms with Gasteiger partial charge in [0.15, 0.2) is 17.4 Å². The summed E-state index contributed by atoms with van der Waals surface area (Å²) in [6.45, 7) is 5.31. The van der Waals surface area contributed by atoms with E-state index in [1.54, 1.807) is 19.2 Å². The molecule has 5 aromatic heterocycles. The number of aliphatic hydroxyl groups is 1. The molecule has 0 bridgehead atoms. The Hall–Kier alpha value is -4.48. The molecule has 39 heavy (non-hydrogen) atoms. The molecule has 0 aliphatic heterocycles. The van der Waals surface area contributed by atoms with Crippen molar-refractivity contribution in [3.05, 3.63) is 65.7 Å². The number of para-hydroxylation sites is 1. The molecule has 1 unspecified atom stereocenters. The van der Waals surface area contributed by atoms with E-state index in [4.69, 9.17) is 4.98 Å². The van der Waals surface area contributed by atoms with Crippen LogP contribution in [0.1, 0.15) is 30.4 Å². The van der Waals surface area contributed by atoms with E-state index in [0.717, 1.165) is 16.0 Å². The number of H-pyrrole nitrogens is 2. The smallest absolute Gasteiger partial charge is 0.169 e. The van der Waals surface area contributed by atoms with Gasteiger partial charge in [-0.1, -0.05) is 26.0 Å². The van der Waals surface area contributed by atoms with Crippen LogP contribution in [0.3, 0.4) is 0 Å². The maximum absolute atomic E-state index is 16.0. The highest BCUT2D eigenvalue weighted by Crippen LogP contribution is 2.36. The third-order valence-electron chi connectivity index (χ3n) is 6.46. The lowest BCUT2D eigenvalue weighted by Crippen LogP contribution is -2.24. The van der Waals surface area contributed by atoms with Gasteiger partial charge in [-0.2, -0.15) is 5.10 Å². The first-order chi connectivity index (χ1) is 18.8. The number of Topliss-reactive ketones (excluding diaryl/α,β-unsaturated/α-hetero) is 1. The number of hydrogen-bond acceptors (Lipinski definition) is 8. The molecule has 6 rings (SSSR count). The molecule has 196 valence electrons. The third kappa shape index (κ3) is 4.45. The summed E-state index contributed by atoms with van der Waals surface area (Å²) in [6.07, 6.45) is 3.83. The second kappa shape index (κ2) is 9.68. The fourth-order valence-corrected chi connectivity index (χ4v) is 5.28. The molecule has 1 aromatic carbocycles. The van der Waals surface area contributed by atoms with E-state index in [-0.39, 0.29) is 22.8 Å². The summed E-state index contributed by atoms with van der Waals surface area (Å²) in [6, 6.07) is 11.1. The largest absolute Gasteiger partial charge is 0.374 e. The Morgan fingerprint density at radius 2 is 1.95 bits per heavy atom. The highest BCUT2D eigenvalue weighted by atomic mass is 32.1. The molecule has 0 saturated heterocycles. The second-order valence-corrected chi connectivity index (χ2v) is 10.7. The van der Waals surface area contributed by atoms with Gasteiger partial charge in [-0.15, -0.1) is 11.3 Å². The Balaban J connectivity index is 1.43. The van der Waals surface area contributed by atoms with Crippen LogP contribution >= 0.6 is 11.3 Å². The average molecular weight is 542 g/mol. The predicted molar refractivity (Wildman–Crippen MR) is 150 cm³/mol. The lowest BCUT2D eigenvalue weighted by Gasteiger charge is -2.17. The molecule has 9 nitrogen and oxygen atoms in total. The molecular formula is C28H24FN7O2S. The van der Waals surface area contributed by atoms with Crippen LogP contribution in [0.2, 0.25) is 0 Å². The highest BCUT2D eigenvalue weighted by Gasteiger charge is 2.22. The minimum atomic E-state index is -0.774. The van der Waals surface area contributed by atoms with Gasteiger partial charge >= 0.3 is 0 Å². The molecule has 0 radical (unpaired) electrons. The van der Waals surface area contributed by atoms with Crippen LogP contribution in [0.15, 0.2) is 55.0 Å². The molecule has 0 aliphatic carbocycles. The molecule has 11 heteroatoms.